The summed E-state index contributed by atoms with van der Waals surface area (Å²) in [4.78, 5) is 4.12. The molecule has 0 radical (unpaired) electrons. The Hall–Kier alpha value is -1.64. The minimum Gasteiger partial charge on any atom is -0.339 e. The Morgan fingerprint density at radius 2 is 2.12 bits per heavy atom. The van der Waals surface area contributed by atoms with Gasteiger partial charge in [0, 0.05) is 0 Å². The largest absolute Gasteiger partial charge is 0.339 e. The van der Waals surface area contributed by atoms with Gasteiger partial charge in [-0.15, -0.1) is 0 Å². The molecule has 0 fully saturated rings. The lowest BCUT2D eigenvalue weighted by Gasteiger charge is -1.94. The third kappa shape index (κ3) is 5.29. The van der Waals surface area contributed by atoms with Crippen LogP contribution in [0.5, 0.6) is 0 Å². The number of hydrogen-bond acceptors (Lipinski definition) is 3. The van der Waals surface area contributed by atoms with Crippen LogP contribution in [-0.4, -0.2) is 10.1 Å². The highest BCUT2D eigenvalue weighted by Crippen LogP contribution is 2.06. The van der Waals surface area contributed by atoms with Crippen molar-refractivity contribution >= 4 is 0 Å². The molecule has 3 nitrogen and oxygen atoms in total. The minimum atomic E-state index is 0.623. The first kappa shape index (κ1) is 14.4. The van der Waals surface area contributed by atoms with Crippen LogP contribution in [0.15, 0.2) is 41.0 Å². The van der Waals surface area contributed by atoms with E-state index in [4.69, 9.17) is 4.52 Å². The first-order chi connectivity index (χ1) is 7.76. The Bertz CT molecular complexity index is 362. The van der Waals surface area contributed by atoms with Gasteiger partial charge in [0.1, 0.15) is 0 Å². The Labute approximate surface area is 97.6 Å². The van der Waals surface area contributed by atoms with Crippen molar-refractivity contribution in [3.05, 3.63) is 48.2 Å². The van der Waals surface area contributed by atoms with Crippen molar-refractivity contribution in [1.82, 2.24) is 10.1 Å². The minimum absolute atomic E-state index is 0.623. The van der Waals surface area contributed by atoms with Gasteiger partial charge >= 0.3 is 0 Å². The van der Waals surface area contributed by atoms with Crippen LogP contribution in [-0.2, 0) is 6.42 Å². The molecule has 1 rings (SSSR count). The van der Waals surface area contributed by atoms with E-state index in [0.717, 1.165) is 5.57 Å². The molecular weight excluding hydrogens is 200 g/mol. The summed E-state index contributed by atoms with van der Waals surface area (Å²) >= 11 is 0. The van der Waals surface area contributed by atoms with E-state index in [0.29, 0.717) is 18.1 Å². The second kappa shape index (κ2) is 8.65. The molecule has 0 aliphatic carbocycles. The van der Waals surface area contributed by atoms with E-state index in [1.54, 1.807) is 13.0 Å². The van der Waals surface area contributed by atoms with Gasteiger partial charge in [0.05, 0.1) is 6.42 Å². The van der Waals surface area contributed by atoms with Gasteiger partial charge in [0.25, 0.3) is 0 Å². The van der Waals surface area contributed by atoms with Gasteiger partial charge in [-0.1, -0.05) is 49.9 Å². The van der Waals surface area contributed by atoms with Crippen LogP contribution in [0.3, 0.4) is 0 Å². The van der Waals surface area contributed by atoms with Crippen molar-refractivity contribution in [3.63, 3.8) is 0 Å². The van der Waals surface area contributed by atoms with Crippen molar-refractivity contribution < 1.29 is 4.52 Å². The molecule has 1 aromatic heterocycles. The Kier molecular flexibility index (Phi) is 7.76. The number of aromatic nitrogens is 2. The highest BCUT2D eigenvalue weighted by molar-refractivity contribution is 5.24. The van der Waals surface area contributed by atoms with Crippen molar-refractivity contribution in [2.24, 2.45) is 0 Å². The summed E-state index contributed by atoms with van der Waals surface area (Å²) in [6.45, 7) is 11.5. The third-order valence-electron chi connectivity index (χ3n) is 1.69. The molecule has 0 spiro atoms. The second-order valence-corrected chi connectivity index (χ2v) is 2.88. The maximum Gasteiger partial charge on any atom is 0.231 e. The smallest absolute Gasteiger partial charge is 0.231 e. The quantitative estimate of drug-likeness (QED) is 0.727. The number of rotatable bonds is 4. The summed E-state index contributed by atoms with van der Waals surface area (Å²) in [6, 6.07) is 0. The SMILES string of the molecule is C=C/C(=C\C=C/C)Cc1nc(C)no1.CC. The number of nitrogens with zero attached hydrogens (tertiary/aromatic N) is 2. The molecule has 0 N–H and O–H groups in total. The lowest BCUT2D eigenvalue weighted by atomic mass is 10.1. The standard InChI is InChI=1S/C11H14N2O.C2H6/c1-4-6-7-10(5-2)8-11-12-9(3)13-14-11;1-2/h4-7H,2,8H2,1,3H3;1-2H3/b6-4-,10-7+;. The molecule has 0 unspecified atom stereocenters. The molecular formula is C13H20N2O. The predicted molar refractivity (Wildman–Crippen MR) is 67.2 cm³/mol. The normalized spacial score (nSPS) is 11.1. The van der Waals surface area contributed by atoms with E-state index in [1.807, 2.05) is 39.0 Å². The molecule has 3 heteroatoms. The topological polar surface area (TPSA) is 38.9 Å². The van der Waals surface area contributed by atoms with Crippen LogP contribution in [0.25, 0.3) is 0 Å². The summed E-state index contributed by atoms with van der Waals surface area (Å²) in [5.41, 5.74) is 1.06. The summed E-state index contributed by atoms with van der Waals surface area (Å²) in [7, 11) is 0. The van der Waals surface area contributed by atoms with Gasteiger partial charge in [0.2, 0.25) is 5.89 Å². The molecule has 0 bridgehead atoms. The summed E-state index contributed by atoms with van der Waals surface area (Å²) in [6.07, 6.45) is 8.32. The Morgan fingerprint density at radius 3 is 2.56 bits per heavy atom. The highest BCUT2D eigenvalue weighted by atomic mass is 16.5. The lowest BCUT2D eigenvalue weighted by Crippen LogP contribution is -1.87. The fourth-order valence-corrected chi connectivity index (χ4v) is 1.01. The van der Waals surface area contributed by atoms with E-state index >= 15 is 0 Å². The van der Waals surface area contributed by atoms with Gasteiger partial charge in [-0.3, -0.25) is 0 Å². The first-order valence-corrected chi connectivity index (χ1v) is 5.49. The van der Waals surface area contributed by atoms with Crippen LogP contribution in [0, 0.1) is 6.92 Å². The Balaban J connectivity index is 0.00000106. The summed E-state index contributed by atoms with van der Waals surface area (Å²) < 4.78 is 5.00. The molecule has 16 heavy (non-hydrogen) atoms. The van der Waals surface area contributed by atoms with E-state index in [9.17, 15) is 0 Å². The van der Waals surface area contributed by atoms with Crippen LogP contribution in [0.1, 0.15) is 32.5 Å². The van der Waals surface area contributed by atoms with Gasteiger partial charge in [-0.2, -0.15) is 4.98 Å². The van der Waals surface area contributed by atoms with E-state index < -0.39 is 0 Å². The van der Waals surface area contributed by atoms with Crippen molar-refractivity contribution in [2.75, 3.05) is 0 Å². The fraction of sp³-hybridized carbons (Fsp3) is 0.385. The van der Waals surface area contributed by atoms with Gasteiger partial charge in [0.15, 0.2) is 5.82 Å². The van der Waals surface area contributed by atoms with E-state index in [-0.39, 0.29) is 0 Å². The molecule has 0 saturated heterocycles. The molecule has 0 aromatic carbocycles. The zero-order valence-electron chi connectivity index (χ0n) is 10.5. The van der Waals surface area contributed by atoms with Crippen molar-refractivity contribution in [3.8, 4) is 0 Å². The summed E-state index contributed by atoms with van der Waals surface area (Å²) in [5, 5.41) is 3.72. The van der Waals surface area contributed by atoms with Crippen LogP contribution in [0.2, 0.25) is 0 Å². The highest BCUT2D eigenvalue weighted by Gasteiger charge is 2.03. The van der Waals surface area contributed by atoms with E-state index in [2.05, 4.69) is 16.7 Å². The molecule has 0 amide bonds. The van der Waals surface area contributed by atoms with Crippen LogP contribution in [0.4, 0.5) is 0 Å². The fourth-order valence-electron chi connectivity index (χ4n) is 1.01. The van der Waals surface area contributed by atoms with Crippen LogP contribution < -0.4 is 0 Å². The average molecular weight is 220 g/mol. The van der Waals surface area contributed by atoms with Crippen molar-refractivity contribution in [2.45, 2.75) is 34.1 Å². The molecule has 0 saturated carbocycles. The maximum atomic E-state index is 5.00. The molecule has 1 aromatic rings. The number of hydrogen-bond donors (Lipinski definition) is 0. The average Bonchev–Trinajstić information content (AvgIpc) is 2.72. The third-order valence-corrected chi connectivity index (χ3v) is 1.69. The van der Waals surface area contributed by atoms with Gasteiger partial charge in [-0.05, 0) is 19.4 Å². The van der Waals surface area contributed by atoms with Gasteiger partial charge < -0.3 is 4.52 Å². The zero-order chi connectivity index (χ0) is 12.4. The summed E-state index contributed by atoms with van der Waals surface area (Å²) in [5.74, 6) is 1.28. The predicted octanol–water partition coefficient (Wildman–Crippen LogP) is 3.64. The molecule has 88 valence electrons. The molecule has 1 heterocycles. The van der Waals surface area contributed by atoms with E-state index in [1.165, 1.54) is 0 Å². The second-order valence-electron chi connectivity index (χ2n) is 2.88. The zero-order valence-corrected chi connectivity index (χ0v) is 10.5. The Morgan fingerprint density at radius 1 is 1.44 bits per heavy atom. The number of allylic oxidation sites excluding steroid dienone is 5. The molecule has 0 atom stereocenters. The monoisotopic (exact) mass is 220 g/mol. The molecule has 0 aliphatic rings. The lowest BCUT2D eigenvalue weighted by molar-refractivity contribution is 0.381. The number of aryl methyl sites for hydroxylation is 1. The van der Waals surface area contributed by atoms with Crippen LogP contribution >= 0.6 is 0 Å². The van der Waals surface area contributed by atoms with Crippen molar-refractivity contribution in [1.29, 1.82) is 0 Å². The first-order valence-electron chi connectivity index (χ1n) is 5.49. The van der Waals surface area contributed by atoms with Gasteiger partial charge in [-0.25, -0.2) is 0 Å². The molecule has 0 aliphatic heterocycles. The maximum absolute atomic E-state index is 5.00.